The number of rotatable bonds is 5. The second kappa shape index (κ2) is 5.29. The molecule has 0 aliphatic carbocycles. The average molecular weight is 197 g/mol. The van der Waals surface area contributed by atoms with E-state index in [2.05, 4.69) is 10.5 Å². The van der Waals surface area contributed by atoms with Gasteiger partial charge in [-0.1, -0.05) is 5.16 Å². The molecule has 5 heteroatoms. The highest BCUT2D eigenvalue weighted by atomic mass is 16.4. The minimum atomic E-state index is 0.136. The molecule has 0 aliphatic heterocycles. The summed E-state index contributed by atoms with van der Waals surface area (Å²) in [7, 11) is 0. The number of furan rings is 1. The molecule has 0 aromatic carbocycles. The molecule has 0 saturated heterocycles. The van der Waals surface area contributed by atoms with Crippen molar-refractivity contribution in [2.45, 2.75) is 19.4 Å². The van der Waals surface area contributed by atoms with Crippen molar-refractivity contribution >= 4 is 5.84 Å². The Kier molecular flexibility index (Phi) is 4.00. The summed E-state index contributed by atoms with van der Waals surface area (Å²) in [6.45, 7) is 2.64. The zero-order valence-corrected chi connectivity index (χ0v) is 8.10. The van der Waals surface area contributed by atoms with Crippen molar-refractivity contribution < 1.29 is 9.62 Å². The number of nitrogens with two attached hydrogens (primary N) is 1. The van der Waals surface area contributed by atoms with Crippen LogP contribution in [0.2, 0.25) is 0 Å². The summed E-state index contributed by atoms with van der Waals surface area (Å²) < 4.78 is 5.21. The van der Waals surface area contributed by atoms with E-state index >= 15 is 0 Å². The molecule has 14 heavy (non-hydrogen) atoms. The van der Waals surface area contributed by atoms with Gasteiger partial charge in [0.25, 0.3) is 0 Å². The van der Waals surface area contributed by atoms with Crippen molar-refractivity contribution in [3.63, 3.8) is 0 Å². The quantitative estimate of drug-likeness (QED) is 0.285. The van der Waals surface area contributed by atoms with Crippen LogP contribution >= 0.6 is 0 Å². The van der Waals surface area contributed by atoms with E-state index in [1.807, 2.05) is 19.1 Å². The first-order valence-electron chi connectivity index (χ1n) is 4.47. The van der Waals surface area contributed by atoms with Crippen molar-refractivity contribution in [3.05, 3.63) is 24.2 Å². The van der Waals surface area contributed by atoms with Crippen molar-refractivity contribution in [2.75, 3.05) is 6.54 Å². The molecule has 0 saturated carbocycles. The molecule has 1 aromatic rings. The highest BCUT2D eigenvalue weighted by molar-refractivity contribution is 5.79. The van der Waals surface area contributed by atoms with Gasteiger partial charge in [0.15, 0.2) is 0 Å². The van der Waals surface area contributed by atoms with E-state index in [1.165, 1.54) is 0 Å². The van der Waals surface area contributed by atoms with Gasteiger partial charge < -0.3 is 20.7 Å². The minimum Gasteiger partial charge on any atom is -0.468 e. The predicted molar refractivity (Wildman–Crippen MR) is 53.2 cm³/mol. The van der Waals surface area contributed by atoms with Crippen LogP contribution in [0.15, 0.2) is 28.0 Å². The first-order valence-corrected chi connectivity index (χ1v) is 4.47. The second-order valence-corrected chi connectivity index (χ2v) is 3.03. The molecule has 1 rings (SSSR count). The van der Waals surface area contributed by atoms with Crippen LogP contribution < -0.4 is 11.1 Å². The van der Waals surface area contributed by atoms with E-state index in [9.17, 15) is 0 Å². The van der Waals surface area contributed by atoms with Crippen molar-refractivity contribution in [1.29, 1.82) is 0 Å². The Balaban J connectivity index is 2.26. The predicted octanol–water partition coefficient (Wildman–Crippen LogP) is 1.07. The van der Waals surface area contributed by atoms with Crippen molar-refractivity contribution in [2.24, 2.45) is 10.9 Å². The van der Waals surface area contributed by atoms with E-state index in [-0.39, 0.29) is 11.9 Å². The third-order valence-corrected chi connectivity index (χ3v) is 1.93. The SMILES string of the molecule is C[C@H](NCC/C(N)=N/O)c1ccco1. The van der Waals surface area contributed by atoms with Crippen LogP contribution in [0, 0.1) is 0 Å². The monoisotopic (exact) mass is 197 g/mol. The smallest absolute Gasteiger partial charge is 0.140 e. The lowest BCUT2D eigenvalue weighted by Gasteiger charge is -2.10. The minimum absolute atomic E-state index is 0.136. The molecule has 0 aliphatic rings. The van der Waals surface area contributed by atoms with Crippen LogP contribution in [-0.4, -0.2) is 17.6 Å². The average Bonchev–Trinajstić information content (AvgIpc) is 2.70. The molecule has 0 radical (unpaired) electrons. The fraction of sp³-hybridized carbons (Fsp3) is 0.444. The van der Waals surface area contributed by atoms with Crippen LogP contribution in [-0.2, 0) is 0 Å². The number of hydrogen-bond donors (Lipinski definition) is 3. The van der Waals surface area contributed by atoms with Gasteiger partial charge in [-0.25, -0.2) is 0 Å². The third kappa shape index (κ3) is 3.10. The van der Waals surface area contributed by atoms with Crippen molar-refractivity contribution in [1.82, 2.24) is 5.32 Å². The maximum absolute atomic E-state index is 8.30. The van der Waals surface area contributed by atoms with Gasteiger partial charge in [-0.3, -0.25) is 0 Å². The lowest BCUT2D eigenvalue weighted by Crippen LogP contribution is -2.24. The summed E-state index contributed by atoms with van der Waals surface area (Å²) in [5.41, 5.74) is 5.31. The standard InChI is InChI=1S/C9H15N3O2/c1-7(8-3-2-6-14-8)11-5-4-9(10)12-13/h2-3,6-7,11,13H,4-5H2,1H3,(H2,10,12)/t7-/m0/s1. The van der Waals surface area contributed by atoms with E-state index in [0.717, 1.165) is 5.76 Å². The Morgan fingerprint density at radius 1 is 1.79 bits per heavy atom. The van der Waals surface area contributed by atoms with Gasteiger partial charge in [-0.15, -0.1) is 0 Å². The topological polar surface area (TPSA) is 83.8 Å². The van der Waals surface area contributed by atoms with E-state index in [1.54, 1.807) is 6.26 Å². The maximum Gasteiger partial charge on any atom is 0.140 e. The third-order valence-electron chi connectivity index (χ3n) is 1.93. The van der Waals surface area contributed by atoms with Gasteiger partial charge in [0.1, 0.15) is 11.6 Å². The molecule has 1 atom stereocenters. The van der Waals surface area contributed by atoms with E-state index in [4.69, 9.17) is 15.4 Å². The molecule has 1 heterocycles. The van der Waals surface area contributed by atoms with Gasteiger partial charge in [0.05, 0.1) is 12.3 Å². The molecule has 4 N–H and O–H groups in total. The first-order chi connectivity index (χ1) is 6.74. The largest absolute Gasteiger partial charge is 0.468 e. The summed E-state index contributed by atoms with van der Waals surface area (Å²) in [4.78, 5) is 0. The molecular weight excluding hydrogens is 182 g/mol. The number of nitrogens with zero attached hydrogens (tertiary/aromatic N) is 1. The molecule has 1 aromatic heterocycles. The Hall–Kier alpha value is -1.49. The summed E-state index contributed by atoms with van der Waals surface area (Å²) in [5, 5.41) is 14.4. The van der Waals surface area contributed by atoms with Crippen LogP contribution in [0.5, 0.6) is 0 Å². The van der Waals surface area contributed by atoms with Crippen LogP contribution in [0.3, 0.4) is 0 Å². The summed E-state index contributed by atoms with van der Waals surface area (Å²) in [6, 6.07) is 3.88. The van der Waals surface area contributed by atoms with Gasteiger partial charge >= 0.3 is 0 Å². The molecule has 0 spiro atoms. The van der Waals surface area contributed by atoms with Gasteiger partial charge in [0.2, 0.25) is 0 Å². The summed E-state index contributed by atoms with van der Waals surface area (Å²) >= 11 is 0. The lowest BCUT2D eigenvalue weighted by molar-refractivity contribution is 0.316. The fourth-order valence-electron chi connectivity index (χ4n) is 1.10. The fourth-order valence-corrected chi connectivity index (χ4v) is 1.10. The maximum atomic E-state index is 8.30. The molecule has 0 amide bonds. The molecule has 78 valence electrons. The van der Waals surface area contributed by atoms with E-state index in [0.29, 0.717) is 13.0 Å². The van der Waals surface area contributed by atoms with Crippen LogP contribution in [0.4, 0.5) is 0 Å². The normalized spacial score (nSPS) is 14.2. The Morgan fingerprint density at radius 2 is 2.57 bits per heavy atom. The van der Waals surface area contributed by atoms with Crippen LogP contribution in [0.1, 0.15) is 25.1 Å². The Bertz CT molecular complexity index is 282. The van der Waals surface area contributed by atoms with Gasteiger partial charge in [-0.2, -0.15) is 0 Å². The molecule has 0 fully saturated rings. The van der Waals surface area contributed by atoms with Gasteiger partial charge in [-0.05, 0) is 19.1 Å². The molecule has 0 unspecified atom stereocenters. The molecule has 0 bridgehead atoms. The number of amidine groups is 1. The number of oxime groups is 1. The van der Waals surface area contributed by atoms with Crippen molar-refractivity contribution in [3.8, 4) is 0 Å². The Morgan fingerprint density at radius 3 is 3.14 bits per heavy atom. The summed E-state index contributed by atoms with van der Waals surface area (Å²) in [5.74, 6) is 1.11. The highest BCUT2D eigenvalue weighted by Crippen LogP contribution is 2.11. The zero-order valence-electron chi connectivity index (χ0n) is 8.10. The zero-order chi connectivity index (χ0) is 10.4. The molecular formula is C9H15N3O2. The lowest BCUT2D eigenvalue weighted by atomic mass is 10.2. The number of nitrogens with one attached hydrogen (secondary N) is 1. The second-order valence-electron chi connectivity index (χ2n) is 3.03. The Labute approximate surface area is 82.6 Å². The molecule has 5 nitrogen and oxygen atoms in total. The van der Waals surface area contributed by atoms with Gasteiger partial charge in [0, 0.05) is 13.0 Å². The first kappa shape index (κ1) is 10.6. The number of hydrogen-bond acceptors (Lipinski definition) is 4. The summed E-state index contributed by atoms with van der Waals surface area (Å²) in [6.07, 6.45) is 2.15. The van der Waals surface area contributed by atoms with Crippen LogP contribution in [0.25, 0.3) is 0 Å². The highest BCUT2D eigenvalue weighted by Gasteiger charge is 2.06. The van der Waals surface area contributed by atoms with E-state index < -0.39 is 0 Å².